The molecule has 0 aliphatic heterocycles. The number of aromatic nitrogens is 1. The minimum atomic E-state index is 0.0138. The van der Waals surface area contributed by atoms with E-state index in [0.29, 0.717) is 12.5 Å². The molecule has 2 heterocycles. The molecular weight excluding hydrogens is 290 g/mol. The van der Waals surface area contributed by atoms with Gasteiger partial charge in [-0.1, -0.05) is 0 Å². The highest BCUT2D eigenvalue weighted by Gasteiger charge is 2.28. The SMILES string of the molecule is CCn1ccc(-c2ccc(OC)c3oc(C4CC4)cc23)cc1=O. The molecule has 0 atom stereocenters. The molecule has 2 aromatic heterocycles. The summed E-state index contributed by atoms with van der Waals surface area (Å²) in [4.78, 5) is 12.1. The fourth-order valence-electron chi connectivity index (χ4n) is 3.04. The fraction of sp³-hybridized carbons (Fsp3) is 0.316. The molecule has 0 unspecified atom stereocenters. The Bertz CT molecular complexity index is 931. The van der Waals surface area contributed by atoms with Gasteiger partial charge in [0.2, 0.25) is 0 Å². The highest BCUT2D eigenvalue weighted by atomic mass is 16.5. The second-order valence-corrected chi connectivity index (χ2v) is 6.02. The Morgan fingerprint density at radius 1 is 1.26 bits per heavy atom. The molecule has 0 bridgehead atoms. The summed E-state index contributed by atoms with van der Waals surface area (Å²) in [5.74, 6) is 2.29. The van der Waals surface area contributed by atoms with Gasteiger partial charge in [0.05, 0.1) is 7.11 Å². The van der Waals surface area contributed by atoms with Gasteiger partial charge >= 0.3 is 0 Å². The zero-order valence-electron chi connectivity index (χ0n) is 13.3. The Morgan fingerprint density at radius 2 is 2.09 bits per heavy atom. The van der Waals surface area contributed by atoms with E-state index < -0.39 is 0 Å². The number of fused-ring (bicyclic) bond motifs is 1. The molecule has 1 fully saturated rings. The Balaban J connectivity index is 1.92. The Kier molecular flexibility index (Phi) is 3.26. The number of benzene rings is 1. The van der Waals surface area contributed by atoms with Crippen LogP contribution in [0.4, 0.5) is 0 Å². The first-order chi connectivity index (χ1) is 11.2. The molecule has 23 heavy (non-hydrogen) atoms. The van der Waals surface area contributed by atoms with Crippen LogP contribution in [-0.4, -0.2) is 11.7 Å². The largest absolute Gasteiger partial charge is 0.493 e. The molecule has 1 saturated carbocycles. The molecule has 0 radical (unpaired) electrons. The van der Waals surface area contributed by atoms with Crippen LogP contribution < -0.4 is 10.3 Å². The van der Waals surface area contributed by atoms with Crippen LogP contribution in [0.5, 0.6) is 5.75 Å². The van der Waals surface area contributed by atoms with Gasteiger partial charge in [0.1, 0.15) is 5.76 Å². The third-order valence-electron chi connectivity index (χ3n) is 4.51. The first-order valence-electron chi connectivity index (χ1n) is 8.02. The molecule has 1 aromatic carbocycles. The molecule has 0 N–H and O–H groups in total. The normalized spacial score (nSPS) is 14.3. The van der Waals surface area contributed by atoms with Gasteiger partial charge in [-0.3, -0.25) is 4.79 Å². The summed E-state index contributed by atoms with van der Waals surface area (Å²) in [5.41, 5.74) is 2.71. The van der Waals surface area contributed by atoms with Gasteiger partial charge in [0.15, 0.2) is 11.3 Å². The summed E-state index contributed by atoms with van der Waals surface area (Å²) in [5, 5.41) is 1.01. The van der Waals surface area contributed by atoms with E-state index in [1.165, 1.54) is 12.8 Å². The summed E-state index contributed by atoms with van der Waals surface area (Å²) in [6.45, 7) is 2.64. The van der Waals surface area contributed by atoms with Crippen LogP contribution in [0.15, 0.2) is 45.7 Å². The van der Waals surface area contributed by atoms with Crippen LogP contribution in [0.3, 0.4) is 0 Å². The summed E-state index contributed by atoms with van der Waals surface area (Å²) in [6, 6.07) is 9.68. The quantitative estimate of drug-likeness (QED) is 0.726. The average Bonchev–Trinajstić information content (AvgIpc) is 3.32. The van der Waals surface area contributed by atoms with Crippen molar-refractivity contribution in [3.63, 3.8) is 0 Å². The number of methoxy groups -OCH3 is 1. The summed E-state index contributed by atoms with van der Waals surface area (Å²) in [6.07, 6.45) is 4.21. The average molecular weight is 309 g/mol. The molecular formula is C19H19NO3. The molecule has 4 rings (SSSR count). The number of ether oxygens (including phenoxy) is 1. The maximum Gasteiger partial charge on any atom is 0.251 e. The van der Waals surface area contributed by atoms with E-state index in [0.717, 1.165) is 33.6 Å². The van der Waals surface area contributed by atoms with Crippen LogP contribution in [0.25, 0.3) is 22.1 Å². The van der Waals surface area contributed by atoms with Crippen LogP contribution in [-0.2, 0) is 6.54 Å². The van der Waals surface area contributed by atoms with Gasteiger partial charge < -0.3 is 13.7 Å². The summed E-state index contributed by atoms with van der Waals surface area (Å²) in [7, 11) is 1.65. The van der Waals surface area contributed by atoms with E-state index in [9.17, 15) is 4.79 Å². The summed E-state index contributed by atoms with van der Waals surface area (Å²) < 4.78 is 13.2. The highest BCUT2D eigenvalue weighted by molar-refractivity contribution is 5.97. The van der Waals surface area contributed by atoms with Crippen LogP contribution in [0.2, 0.25) is 0 Å². The van der Waals surface area contributed by atoms with Crippen molar-refractivity contribution in [1.29, 1.82) is 0 Å². The minimum absolute atomic E-state index is 0.0138. The predicted octanol–water partition coefficient (Wildman–Crippen LogP) is 4.17. The molecule has 1 aliphatic carbocycles. The second-order valence-electron chi connectivity index (χ2n) is 6.02. The maximum absolute atomic E-state index is 12.1. The third-order valence-corrected chi connectivity index (χ3v) is 4.51. The molecule has 4 heteroatoms. The van der Waals surface area contributed by atoms with Gasteiger partial charge in [0.25, 0.3) is 5.56 Å². The molecule has 1 aliphatic rings. The van der Waals surface area contributed by atoms with Crippen molar-refractivity contribution in [2.24, 2.45) is 0 Å². The lowest BCUT2D eigenvalue weighted by atomic mass is 10.0. The van der Waals surface area contributed by atoms with Gasteiger partial charge in [-0.2, -0.15) is 0 Å². The van der Waals surface area contributed by atoms with Crippen LogP contribution >= 0.6 is 0 Å². The smallest absolute Gasteiger partial charge is 0.251 e. The molecule has 3 aromatic rings. The van der Waals surface area contributed by atoms with E-state index >= 15 is 0 Å². The standard InChI is InChI=1S/C19H19NO3/c1-3-20-9-8-13(10-18(20)21)14-6-7-16(22-2)19-15(14)11-17(23-19)12-4-5-12/h6-12H,3-5H2,1-2H3. The van der Waals surface area contributed by atoms with Gasteiger partial charge in [-0.25, -0.2) is 0 Å². The predicted molar refractivity (Wildman–Crippen MR) is 90.1 cm³/mol. The van der Waals surface area contributed by atoms with E-state index in [1.54, 1.807) is 17.7 Å². The topological polar surface area (TPSA) is 44.4 Å². The lowest BCUT2D eigenvalue weighted by Crippen LogP contribution is -2.17. The Morgan fingerprint density at radius 3 is 2.74 bits per heavy atom. The van der Waals surface area contributed by atoms with Crippen molar-refractivity contribution in [2.75, 3.05) is 7.11 Å². The van der Waals surface area contributed by atoms with Gasteiger partial charge in [-0.15, -0.1) is 0 Å². The van der Waals surface area contributed by atoms with Crippen molar-refractivity contribution in [3.8, 4) is 16.9 Å². The number of furan rings is 1. The Hall–Kier alpha value is -2.49. The van der Waals surface area contributed by atoms with Gasteiger partial charge in [-0.05, 0) is 55.2 Å². The highest BCUT2D eigenvalue weighted by Crippen LogP contribution is 2.45. The van der Waals surface area contributed by atoms with Crippen molar-refractivity contribution in [3.05, 3.63) is 52.6 Å². The second kappa shape index (κ2) is 5.30. The lowest BCUT2D eigenvalue weighted by Gasteiger charge is -2.07. The van der Waals surface area contributed by atoms with E-state index in [-0.39, 0.29) is 5.56 Å². The van der Waals surface area contributed by atoms with Gasteiger partial charge in [0, 0.05) is 30.1 Å². The van der Waals surface area contributed by atoms with E-state index in [2.05, 4.69) is 6.07 Å². The zero-order chi connectivity index (χ0) is 16.0. The van der Waals surface area contributed by atoms with Crippen LogP contribution in [0, 0.1) is 0 Å². The number of hydrogen-bond donors (Lipinski definition) is 0. The Labute approximate surface area is 134 Å². The number of rotatable bonds is 4. The molecule has 0 saturated heterocycles. The fourth-order valence-corrected chi connectivity index (χ4v) is 3.04. The number of hydrogen-bond acceptors (Lipinski definition) is 3. The van der Waals surface area contributed by atoms with Crippen molar-refractivity contribution >= 4 is 11.0 Å². The maximum atomic E-state index is 12.1. The molecule has 4 nitrogen and oxygen atoms in total. The van der Waals surface area contributed by atoms with Crippen LogP contribution in [0.1, 0.15) is 31.4 Å². The minimum Gasteiger partial charge on any atom is -0.493 e. The molecule has 0 spiro atoms. The number of nitrogens with zero attached hydrogens (tertiary/aromatic N) is 1. The first-order valence-corrected chi connectivity index (χ1v) is 8.02. The zero-order valence-corrected chi connectivity index (χ0v) is 13.3. The monoisotopic (exact) mass is 309 g/mol. The van der Waals surface area contributed by atoms with Crippen molar-refractivity contribution < 1.29 is 9.15 Å². The first kappa shape index (κ1) is 14.1. The van der Waals surface area contributed by atoms with E-state index in [4.69, 9.17) is 9.15 Å². The van der Waals surface area contributed by atoms with Crippen molar-refractivity contribution in [1.82, 2.24) is 4.57 Å². The van der Waals surface area contributed by atoms with E-state index in [1.807, 2.05) is 31.3 Å². The number of aryl methyl sites for hydroxylation is 1. The molecule has 118 valence electrons. The molecule has 0 amide bonds. The third kappa shape index (κ3) is 2.34. The summed E-state index contributed by atoms with van der Waals surface area (Å²) >= 11 is 0. The van der Waals surface area contributed by atoms with Crippen molar-refractivity contribution in [2.45, 2.75) is 32.2 Å². The number of pyridine rings is 1. The lowest BCUT2D eigenvalue weighted by molar-refractivity contribution is 0.407.